The molecule has 0 unspecified atom stereocenters. The minimum atomic E-state index is -1.23. The molecule has 0 aliphatic heterocycles. The van der Waals surface area contributed by atoms with Gasteiger partial charge in [0, 0.05) is 49.1 Å². The molecule has 0 atom stereocenters. The Morgan fingerprint density at radius 3 is 1.64 bits per heavy atom. The van der Waals surface area contributed by atoms with Crippen molar-refractivity contribution in [1.29, 1.82) is 0 Å². The second-order valence-electron chi connectivity index (χ2n) is 20.7. The van der Waals surface area contributed by atoms with E-state index >= 15 is 0 Å². The van der Waals surface area contributed by atoms with E-state index in [0.717, 1.165) is 83.7 Å². The summed E-state index contributed by atoms with van der Waals surface area (Å²) in [5.74, 6) is 1.19. The number of nitrogens with zero attached hydrogens (tertiary/aromatic N) is 4. The van der Waals surface area contributed by atoms with E-state index in [1.54, 1.807) is 0 Å². The van der Waals surface area contributed by atoms with Crippen LogP contribution in [0, 0.1) is 12.1 Å². The minimum Gasteiger partial charge on any atom is -0.501 e. The van der Waals surface area contributed by atoms with Crippen LogP contribution in [0.5, 0.6) is 0 Å². The molecule has 0 fully saturated rings. The maximum absolute atomic E-state index is 6.90. The normalized spacial score (nSPS) is 11.5. The third kappa shape index (κ3) is 10.4. The molecular formula is C68H58IrN4OSi-2. The number of hydrogen-bond donors (Lipinski definition) is 0. The Morgan fingerprint density at radius 2 is 1.07 bits per heavy atom. The van der Waals surface area contributed by atoms with Gasteiger partial charge in [-0.15, -0.1) is 54.1 Å². The van der Waals surface area contributed by atoms with Crippen molar-refractivity contribution in [2.75, 3.05) is 0 Å². The Bertz CT molecular complexity index is 3870. The number of rotatable bonds is 10. The number of benzene rings is 8. The van der Waals surface area contributed by atoms with Crippen LogP contribution in [-0.2, 0) is 20.1 Å². The van der Waals surface area contributed by atoms with Crippen molar-refractivity contribution in [2.45, 2.75) is 59.2 Å². The second-order valence-corrected chi connectivity index (χ2v) is 25.8. The Balaban J connectivity index is 0.000000323. The van der Waals surface area contributed by atoms with Gasteiger partial charge in [-0.25, -0.2) is 4.98 Å². The molecule has 75 heavy (non-hydrogen) atoms. The van der Waals surface area contributed by atoms with Crippen molar-refractivity contribution in [3.63, 3.8) is 0 Å². The zero-order valence-electron chi connectivity index (χ0n) is 43.4. The van der Waals surface area contributed by atoms with Gasteiger partial charge in [-0.05, 0) is 97.1 Å². The first kappa shape index (κ1) is 50.7. The van der Waals surface area contributed by atoms with Gasteiger partial charge < -0.3 is 14.0 Å². The maximum atomic E-state index is 6.90. The molecule has 371 valence electrons. The summed E-state index contributed by atoms with van der Waals surface area (Å²) in [4.78, 5) is 15.2. The van der Waals surface area contributed by atoms with Crippen LogP contribution in [0.25, 0.3) is 106 Å². The standard InChI is InChI=1S/C54H42N3O.C14H16NSi.Ir/c1-34(2)47-29-42(37-17-10-6-11-18-37)30-48(35(3)4)51(47)57-53(56-49-31-43(33-55-54(49)57)38-19-12-7-13-20-38)46-22-14-21-45-44-28-27-41(32-50(44)58-52(45)46)40-25-23-39(24-26-40)36-15-8-5-9-16-36;1-16(2,3)13-9-10-14(15-11-13)12-7-5-4-6-8-12;/h5-21,23-35H,1-4H3;4-7,9-11H,1-3H3;/q2*-1;. The summed E-state index contributed by atoms with van der Waals surface area (Å²) in [6.07, 6.45) is 3.99. The van der Waals surface area contributed by atoms with Crippen LogP contribution in [0.4, 0.5) is 0 Å². The van der Waals surface area contributed by atoms with Gasteiger partial charge in [0.1, 0.15) is 5.58 Å². The molecule has 8 aromatic carbocycles. The van der Waals surface area contributed by atoms with E-state index in [1.807, 2.05) is 54.9 Å². The molecule has 0 bridgehead atoms. The largest absolute Gasteiger partial charge is 0.501 e. The molecule has 12 rings (SSSR count). The van der Waals surface area contributed by atoms with Crippen molar-refractivity contribution < 1.29 is 24.5 Å². The molecule has 0 N–H and O–H groups in total. The van der Waals surface area contributed by atoms with E-state index in [-0.39, 0.29) is 31.9 Å². The first-order valence-corrected chi connectivity index (χ1v) is 29.1. The van der Waals surface area contributed by atoms with E-state index in [1.165, 1.54) is 38.6 Å². The van der Waals surface area contributed by atoms with Crippen molar-refractivity contribution in [2.24, 2.45) is 0 Å². The topological polar surface area (TPSA) is 56.7 Å². The van der Waals surface area contributed by atoms with Crippen molar-refractivity contribution in [3.05, 3.63) is 236 Å². The van der Waals surface area contributed by atoms with Gasteiger partial charge >= 0.3 is 0 Å². The smallest absolute Gasteiger partial charge is 0.155 e. The fourth-order valence-corrected chi connectivity index (χ4v) is 10.9. The minimum absolute atomic E-state index is 0. The molecular weight excluding hydrogens is 1110 g/mol. The van der Waals surface area contributed by atoms with Gasteiger partial charge in [-0.1, -0.05) is 198 Å². The first-order chi connectivity index (χ1) is 36.0. The molecule has 0 saturated heterocycles. The molecule has 5 nitrogen and oxygen atoms in total. The molecule has 4 aromatic heterocycles. The SMILES string of the molecule is CC(C)c1cc(-c2ccccc2)cc(C(C)C)c1-n1c(-c2[c-]ccc3c2oc2cc(-c4ccc(-c5ccccc5)cc4)ccc23)nc2cc(-c3ccccc3)cnc21.C[Si](C)(C)c1ccc(-c2[c-]cccc2)nc1.[Ir]. The third-order valence-electron chi connectivity index (χ3n) is 13.9. The maximum Gasteiger partial charge on any atom is 0.155 e. The first-order valence-electron chi connectivity index (χ1n) is 25.6. The third-order valence-corrected chi connectivity index (χ3v) is 16.0. The predicted octanol–water partition coefficient (Wildman–Crippen LogP) is 17.8. The number of imidazole rings is 1. The van der Waals surface area contributed by atoms with Crippen molar-refractivity contribution in [1.82, 2.24) is 19.5 Å². The monoisotopic (exact) mass is 1170 g/mol. The second kappa shape index (κ2) is 21.6. The van der Waals surface area contributed by atoms with Crippen molar-refractivity contribution in [3.8, 4) is 72.8 Å². The summed E-state index contributed by atoms with van der Waals surface area (Å²) in [5, 5.41) is 3.48. The average Bonchev–Trinajstić information content (AvgIpc) is 4.02. The summed E-state index contributed by atoms with van der Waals surface area (Å²) in [6, 6.07) is 76.8. The summed E-state index contributed by atoms with van der Waals surface area (Å²) in [5.41, 5.74) is 18.8. The molecule has 0 aliphatic rings. The van der Waals surface area contributed by atoms with Crippen LogP contribution in [0.1, 0.15) is 50.7 Å². The molecule has 4 heterocycles. The molecule has 0 spiro atoms. The molecule has 0 amide bonds. The number of aromatic nitrogens is 4. The van der Waals surface area contributed by atoms with Crippen LogP contribution in [-0.4, -0.2) is 27.6 Å². The molecule has 7 heteroatoms. The number of pyridine rings is 2. The fourth-order valence-electron chi connectivity index (χ4n) is 9.87. The van der Waals surface area contributed by atoms with Crippen LogP contribution in [0.15, 0.2) is 217 Å². The van der Waals surface area contributed by atoms with Gasteiger partial charge in [-0.3, -0.25) is 4.98 Å². The summed E-state index contributed by atoms with van der Waals surface area (Å²) in [7, 11) is -1.23. The summed E-state index contributed by atoms with van der Waals surface area (Å²) >= 11 is 0. The van der Waals surface area contributed by atoms with Gasteiger partial charge in [-0.2, -0.15) is 0 Å². The summed E-state index contributed by atoms with van der Waals surface area (Å²) < 4.78 is 9.18. The quantitative estimate of drug-likeness (QED) is 0.101. The number of fused-ring (bicyclic) bond motifs is 4. The molecule has 0 aliphatic carbocycles. The van der Waals surface area contributed by atoms with Crippen LogP contribution < -0.4 is 5.19 Å². The Kier molecular flexibility index (Phi) is 14.6. The Labute approximate surface area is 455 Å². The van der Waals surface area contributed by atoms with E-state index in [4.69, 9.17) is 14.4 Å². The van der Waals surface area contributed by atoms with Gasteiger partial charge in [0.05, 0.1) is 25.0 Å². The zero-order chi connectivity index (χ0) is 50.9. The van der Waals surface area contributed by atoms with Crippen LogP contribution in [0.2, 0.25) is 19.6 Å². The summed E-state index contributed by atoms with van der Waals surface area (Å²) in [6.45, 7) is 16.1. The fraction of sp³-hybridized carbons (Fsp3) is 0.132. The number of hydrogen-bond acceptors (Lipinski definition) is 4. The van der Waals surface area contributed by atoms with Crippen molar-refractivity contribution >= 4 is 46.4 Å². The molecule has 1 radical (unpaired) electrons. The molecule has 0 saturated carbocycles. The van der Waals surface area contributed by atoms with Crippen LogP contribution >= 0.6 is 0 Å². The van der Waals surface area contributed by atoms with Gasteiger partial charge in [0.25, 0.3) is 0 Å². The van der Waals surface area contributed by atoms with Gasteiger partial charge in [0.15, 0.2) is 5.65 Å². The van der Waals surface area contributed by atoms with Gasteiger partial charge in [0.2, 0.25) is 0 Å². The zero-order valence-corrected chi connectivity index (χ0v) is 46.8. The number of furan rings is 1. The van der Waals surface area contributed by atoms with E-state index in [9.17, 15) is 0 Å². The average molecular weight is 1170 g/mol. The predicted molar refractivity (Wildman–Crippen MR) is 312 cm³/mol. The molecule has 12 aromatic rings. The van der Waals surface area contributed by atoms with E-state index < -0.39 is 8.07 Å². The Hall–Kier alpha value is -7.80. The van der Waals surface area contributed by atoms with Crippen LogP contribution in [0.3, 0.4) is 0 Å². The van der Waals surface area contributed by atoms with E-state index in [2.05, 4.69) is 227 Å². The van der Waals surface area contributed by atoms with E-state index in [0.29, 0.717) is 0 Å². The Morgan fingerprint density at radius 1 is 0.493 bits per heavy atom.